The van der Waals surface area contributed by atoms with Crippen molar-refractivity contribution < 1.29 is 14.7 Å². The zero-order chi connectivity index (χ0) is 24.9. The Balaban J connectivity index is 1.38. The van der Waals surface area contributed by atoms with E-state index in [4.69, 9.17) is 15.1 Å². The van der Waals surface area contributed by atoms with Crippen LogP contribution in [0.25, 0.3) is 22.3 Å². The first-order valence-electron chi connectivity index (χ1n) is 11.8. The molecule has 3 heterocycles. The molecule has 2 aromatic heterocycles. The highest BCUT2D eigenvalue weighted by molar-refractivity contribution is 8.13. The smallest absolute Gasteiger partial charge is 0.365 e. The van der Waals surface area contributed by atoms with Gasteiger partial charge in [-0.2, -0.15) is 0 Å². The van der Waals surface area contributed by atoms with Crippen LogP contribution in [-0.2, 0) is 6.54 Å². The van der Waals surface area contributed by atoms with Crippen LogP contribution in [-0.4, -0.2) is 60.7 Å². The van der Waals surface area contributed by atoms with E-state index in [1.165, 1.54) is 0 Å². The number of nitrogens with zero attached hydrogens (tertiary/aromatic N) is 5. The van der Waals surface area contributed by atoms with Gasteiger partial charge in [0.2, 0.25) is 0 Å². The fourth-order valence-corrected chi connectivity index (χ4v) is 5.10. The molecule has 10 heteroatoms. The first kappa shape index (κ1) is 23.8. The molecule has 1 unspecified atom stereocenters. The molecule has 5 rings (SSSR count). The van der Waals surface area contributed by atoms with Crippen molar-refractivity contribution in [2.24, 2.45) is 0 Å². The number of nitrogens with one attached hydrogen (secondary N) is 1. The van der Waals surface area contributed by atoms with Crippen molar-refractivity contribution in [3.05, 3.63) is 72.8 Å². The SMILES string of the molecule is O=C(O)SC1CCN(c2nc3ccc(C(=O)NCCCn4ccnc4)cc3nc2-c2ccccc2)C1. The van der Waals surface area contributed by atoms with Gasteiger partial charge in [0.15, 0.2) is 5.82 Å². The summed E-state index contributed by atoms with van der Waals surface area (Å²) >= 11 is 0.956. The molecule has 4 aromatic rings. The Morgan fingerprint density at radius 1 is 1.11 bits per heavy atom. The summed E-state index contributed by atoms with van der Waals surface area (Å²) in [5.41, 5.74) is 3.51. The first-order chi connectivity index (χ1) is 17.6. The number of carboxylic acid groups (broad SMARTS) is 1. The monoisotopic (exact) mass is 502 g/mol. The number of aromatic nitrogens is 4. The number of rotatable bonds is 8. The van der Waals surface area contributed by atoms with Gasteiger partial charge in [-0.3, -0.25) is 4.79 Å². The van der Waals surface area contributed by atoms with Gasteiger partial charge in [-0.25, -0.2) is 19.7 Å². The van der Waals surface area contributed by atoms with Crippen molar-refractivity contribution in [3.8, 4) is 11.3 Å². The highest BCUT2D eigenvalue weighted by Gasteiger charge is 2.28. The number of benzene rings is 2. The second-order valence-electron chi connectivity index (χ2n) is 8.62. The van der Waals surface area contributed by atoms with Gasteiger partial charge in [0.25, 0.3) is 5.91 Å². The van der Waals surface area contributed by atoms with E-state index in [1.807, 2.05) is 47.2 Å². The van der Waals surface area contributed by atoms with Gasteiger partial charge in [0, 0.05) is 54.9 Å². The molecule has 0 saturated carbocycles. The van der Waals surface area contributed by atoms with Gasteiger partial charge in [0.1, 0.15) is 5.69 Å². The van der Waals surface area contributed by atoms with E-state index in [-0.39, 0.29) is 11.2 Å². The Labute approximate surface area is 212 Å². The number of carbonyl (C=O) groups is 2. The van der Waals surface area contributed by atoms with Crippen LogP contribution in [0.15, 0.2) is 67.3 Å². The van der Waals surface area contributed by atoms with E-state index in [2.05, 4.69) is 15.2 Å². The van der Waals surface area contributed by atoms with E-state index < -0.39 is 5.30 Å². The zero-order valence-corrected chi connectivity index (χ0v) is 20.4. The highest BCUT2D eigenvalue weighted by Crippen LogP contribution is 2.34. The number of thioether (sulfide) groups is 1. The fraction of sp³-hybridized carbons (Fsp3) is 0.269. The molecule has 1 aliphatic rings. The average Bonchev–Trinajstić information content (AvgIpc) is 3.58. The van der Waals surface area contributed by atoms with E-state index in [9.17, 15) is 9.59 Å². The average molecular weight is 503 g/mol. The van der Waals surface area contributed by atoms with E-state index in [0.717, 1.165) is 48.2 Å². The standard InChI is InChI=1S/C26H26N6O3S/c33-25(28-10-4-12-31-14-11-27-17-31)19-7-8-21-22(15-19)29-23(18-5-2-1-3-6-18)24(30-21)32-13-9-20(16-32)36-26(34)35/h1-3,5-8,11,14-15,17,20H,4,9-10,12-13,16H2,(H,28,33)(H,34,35). The largest absolute Gasteiger partial charge is 0.473 e. The summed E-state index contributed by atoms with van der Waals surface area (Å²) in [5, 5.41) is 11.3. The van der Waals surface area contributed by atoms with Crippen LogP contribution in [0, 0.1) is 0 Å². The molecule has 0 radical (unpaired) electrons. The second-order valence-corrected chi connectivity index (χ2v) is 9.87. The number of amides is 1. The molecule has 36 heavy (non-hydrogen) atoms. The Morgan fingerprint density at radius 3 is 2.75 bits per heavy atom. The maximum atomic E-state index is 12.8. The summed E-state index contributed by atoms with van der Waals surface area (Å²) in [7, 11) is 0. The van der Waals surface area contributed by atoms with Crippen LogP contribution in [0.3, 0.4) is 0 Å². The van der Waals surface area contributed by atoms with Crippen LogP contribution in [0.1, 0.15) is 23.2 Å². The summed E-state index contributed by atoms with van der Waals surface area (Å²) in [4.78, 5) is 39.9. The lowest BCUT2D eigenvalue weighted by atomic mass is 10.1. The molecule has 0 aliphatic carbocycles. The Kier molecular flexibility index (Phi) is 7.13. The van der Waals surface area contributed by atoms with Gasteiger partial charge in [-0.15, -0.1) is 0 Å². The third-order valence-corrected chi connectivity index (χ3v) is 7.02. The maximum absolute atomic E-state index is 12.8. The summed E-state index contributed by atoms with van der Waals surface area (Å²) in [6.07, 6.45) is 6.96. The van der Waals surface area contributed by atoms with Gasteiger partial charge in [-0.1, -0.05) is 30.3 Å². The summed E-state index contributed by atoms with van der Waals surface area (Å²) in [6, 6.07) is 15.2. The number of hydrogen-bond donors (Lipinski definition) is 2. The molecular formula is C26H26N6O3S. The minimum absolute atomic E-state index is 0.00321. The minimum Gasteiger partial charge on any atom is -0.473 e. The molecular weight excluding hydrogens is 476 g/mol. The van der Waals surface area contributed by atoms with Crippen LogP contribution >= 0.6 is 11.8 Å². The summed E-state index contributed by atoms with van der Waals surface area (Å²) < 4.78 is 1.98. The number of aryl methyl sites for hydroxylation is 1. The molecule has 2 aromatic carbocycles. The van der Waals surface area contributed by atoms with Crippen molar-refractivity contribution >= 4 is 39.8 Å². The first-order valence-corrected chi connectivity index (χ1v) is 12.7. The van der Waals surface area contributed by atoms with Crippen LogP contribution in [0.4, 0.5) is 10.6 Å². The number of fused-ring (bicyclic) bond motifs is 1. The topological polar surface area (TPSA) is 113 Å². The number of anilines is 1. The fourth-order valence-electron chi connectivity index (χ4n) is 4.34. The predicted molar refractivity (Wildman–Crippen MR) is 140 cm³/mol. The van der Waals surface area contributed by atoms with E-state index >= 15 is 0 Å². The highest BCUT2D eigenvalue weighted by atomic mass is 32.2. The summed E-state index contributed by atoms with van der Waals surface area (Å²) in [5.74, 6) is 0.585. The van der Waals surface area contributed by atoms with Crippen molar-refractivity contribution in [2.75, 3.05) is 24.5 Å². The van der Waals surface area contributed by atoms with Crippen LogP contribution in [0.5, 0.6) is 0 Å². The molecule has 1 saturated heterocycles. The number of hydrogen-bond acceptors (Lipinski definition) is 7. The second kappa shape index (κ2) is 10.8. The molecule has 9 nitrogen and oxygen atoms in total. The number of imidazole rings is 1. The predicted octanol–water partition coefficient (Wildman–Crippen LogP) is 4.30. The molecule has 0 spiro atoms. The Morgan fingerprint density at radius 2 is 1.97 bits per heavy atom. The minimum atomic E-state index is -0.859. The molecule has 1 aliphatic heterocycles. The molecule has 1 atom stereocenters. The number of carbonyl (C=O) groups excluding carboxylic acids is 1. The van der Waals surface area contributed by atoms with Gasteiger partial charge in [-0.05, 0) is 42.8 Å². The van der Waals surface area contributed by atoms with Crippen molar-refractivity contribution in [1.29, 1.82) is 0 Å². The Hall–Kier alpha value is -3.92. The molecule has 0 bridgehead atoms. The molecule has 1 amide bonds. The zero-order valence-electron chi connectivity index (χ0n) is 19.6. The summed E-state index contributed by atoms with van der Waals surface area (Å²) in [6.45, 7) is 2.65. The lowest BCUT2D eigenvalue weighted by Gasteiger charge is -2.21. The van der Waals surface area contributed by atoms with Gasteiger partial charge < -0.3 is 19.9 Å². The van der Waals surface area contributed by atoms with Crippen LogP contribution < -0.4 is 10.2 Å². The van der Waals surface area contributed by atoms with Crippen LogP contribution in [0.2, 0.25) is 0 Å². The van der Waals surface area contributed by atoms with E-state index in [0.29, 0.717) is 36.2 Å². The van der Waals surface area contributed by atoms with Gasteiger partial charge in [0.05, 0.1) is 17.4 Å². The lowest BCUT2D eigenvalue weighted by molar-refractivity contribution is 0.0953. The van der Waals surface area contributed by atoms with E-state index in [1.54, 1.807) is 24.7 Å². The molecule has 184 valence electrons. The van der Waals surface area contributed by atoms with Crippen molar-refractivity contribution in [2.45, 2.75) is 24.6 Å². The third-order valence-electron chi connectivity index (χ3n) is 6.11. The Bertz CT molecular complexity index is 1360. The molecule has 2 N–H and O–H groups in total. The third kappa shape index (κ3) is 5.49. The lowest BCUT2D eigenvalue weighted by Crippen LogP contribution is -2.25. The van der Waals surface area contributed by atoms with Crippen molar-refractivity contribution in [3.63, 3.8) is 0 Å². The van der Waals surface area contributed by atoms with Gasteiger partial charge >= 0.3 is 5.30 Å². The normalized spacial score (nSPS) is 15.3. The quantitative estimate of drug-likeness (QED) is 0.343. The maximum Gasteiger partial charge on any atom is 0.365 e. The van der Waals surface area contributed by atoms with Crippen molar-refractivity contribution in [1.82, 2.24) is 24.8 Å². The molecule has 1 fully saturated rings.